The first-order chi connectivity index (χ1) is 9.35. The molecule has 1 aliphatic rings. The predicted octanol–water partition coefficient (Wildman–Crippen LogP) is 2.93. The second kappa shape index (κ2) is 5.58. The van der Waals surface area contributed by atoms with Gasteiger partial charge in [0.05, 0.1) is 11.2 Å². The van der Waals surface area contributed by atoms with Gasteiger partial charge in [-0.15, -0.1) is 0 Å². The third kappa shape index (κ3) is 3.77. The highest BCUT2D eigenvalue weighted by atomic mass is 35.5. The molecular weight excluding hydrogens is 284 g/mol. The molecule has 0 fully saturated rings. The van der Waals surface area contributed by atoms with Crippen LogP contribution in [0.4, 0.5) is 4.79 Å². The van der Waals surface area contributed by atoms with Gasteiger partial charge in [0.15, 0.2) is 11.5 Å². The van der Waals surface area contributed by atoms with E-state index in [0.29, 0.717) is 22.1 Å². The summed E-state index contributed by atoms with van der Waals surface area (Å²) in [4.78, 5) is 11.4. The van der Waals surface area contributed by atoms with Crippen LogP contribution in [0.25, 0.3) is 0 Å². The van der Waals surface area contributed by atoms with Crippen LogP contribution in [0.2, 0.25) is 5.02 Å². The van der Waals surface area contributed by atoms with Crippen molar-refractivity contribution in [2.24, 2.45) is 5.10 Å². The molecule has 2 rings (SSSR count). The van der Waals surface area contributed by atoms with E-state index in [1.807, 2.05) is 0 Å². The summed E-state index contributed by atoms with van der Waals surface area (Å²) < 4.78 is 15.5. The molecule has 0 saturated carbocycles. The molecule has 6 nitrogen and oxygen atoms in total. The Labute approximate surface area is 121 Å². The van der Waals surface area contributed by atoms with E-state index in [1.54, 1.807) is 32.9 Å². The Morgan fingerprint density at radius 1 is 1.45 bits per heavy atom. The van der Waals surface area contributed by atoms with E-state index < -0.39 is 11.7 Å². The van der Waals surface area contributed by atoms with E-state index in [1.165, 1.54) is 6.21 Å². The molecule has 0 atom stereocenters. The van der Waals surface area contributed by atoms with Crippen LogP contribution in [0, 0.1) is 0 Å². The van der Waals surface area contributed by atoms with E-state index in [-0.39, 0.29) is 6.79 Å². The first-order valence-corrected chi connectivity index (χ1v) is 6.34. The van der Waals surface area contributed by atoms with Gasteiger partial charge in [0, 0.05) is 0 Å². The van der Waals surface area contributed by atoms with Crippen molar-refractivity contribution >= 4 is 23.9 Å². The van der Waals surface area contributed by atoms with Crippen LogP contribution in [0.5, 0.6) is 11.5 Å². The number of nitrogens with one attached hydrogen (secondary N) is 1. The Morgan fingerprint density at radius 3 is 2.90 bits per heavy atom. The molecule has 7 heteroatoms. The normalized spacial score (nSPS) is 13.6. The highest BCUT2D eigenvalue weighted by Gasteiger charge is 2.18. The second-order valence-electron chi connectivity index (χ2n) is 5.11. The number of hydrogen-bond donors (Lipinski definition) is 1. The fourth-order valence-electron chi connectivity index (χ4n) is 1.52. The number of benzene rings is 1. The average molecular weight is 299 g/mol. The van der Waals surface area contributed by atoms with Gasteiger partial charge in [-0.1, -0.05) is 11.6 Å². The molecule has 1 amide bonds. The van der Waals surface area contributed by atoms with Crippen LogP contribution in [0.1, 0.15) is 26.3 Å². The van der Waals surface area contributed by atoms with Crippen LogP contribution >= 0.6 is 11.6 Å². The number of hydrogen-bond acceptors (Lipinski definition) is 5. The van der Waals surface area contributed by atoms with Gasteiger partial charge in [0.25, 0.3) is 0 Å². The van der Waals surface area contributed by atoms with Crippen molar-refractivity contribution in [3.05, 3.63) is 22.7 Å². The minimum Gasteiger partial charge on any atom is -0.454 e. The fraction of sp³-hybridized carbons (Fsp3) is 0.385. The topological polar surface area (TPSA) is 69.2 Å². The lowest BCUT2D eigenvalue weighted by molar-refractivity contribution is 0.0529. The molecule has 20 heavy (non-hydrogen) atoms. The average Bonchev–Trinajstić information content (AvgIpc) is 2.75. The van der Waals surface area contributed by atoms with Gasteiger partial charge in [-0.3, -0.25) is 0 Å². The summed E-state index contributed by atoms with van der Waals surface area (Å²) in [5.74, 6) is 1.07. The quantitative estimate of drug-likeness (QED) is 0.673. The lowest BCUT2D eigenvalue weighted by atomic mass is 10.2. The maximum Gasteiger partial charge on any atom is 0.428 e. The van der Waals surface area contributed by atoms with Gasteiger partial charge in [-0.05, 0) is 38.5 Å². The van der Waals surface area contributed by atoms with Crippen molar-refractivity contribution in [2.75, 3.05) is 6.79 Å². The zero-order valence-corrected chi connectivity index (χ0v) is 12.2. The highest BCUT2D eigenvalue weighted by Crippen LogP contribution is 2.39. The predicted molar refractivity (Wildman–Crippen MR) is 74.5 cm³/mol. The monoisotopic (exact) mass is 298 g/mol. The van der Waals surface area contributed by atoms with Crippen molar-refractivity contribution in [1.82, 2.24) is 5.43 Å². The third-order valence-electron chi connectivity index (χ3n) is 2.22. The van der Waals surface area contributed by atoms with Gasteiger partial charge in [0.1, 0.15) is 5.60 Å². The number of hydrazone groups is 1. The van der Waals surface area contributed by atoms with Crippen molar-refractivity contribution in [2.45, 2.75) is 26.4 Å². The molecule has 108 valence electrons. The number of carbonyl (C=O) groups is 1. The SMILES string of the molecule is CC(C)(C)OC(=O)N/N=C\c1cc(Cl)c2c(c1)OCO2. The standard InChI is InChI=1S/C13H15ClN2O4/c1-13(2,3)20-12(17)16-15-6-8-4-9(14)11-10(5-8)18-7-19-11/h4-6H,7H2,1-3H3,(H,16,17)/b15-6-. The molecule has 0 unspecified atom stereocenters. The van der Waals surface area contributed by atoms with E-state index in [9.17, 15) is 4.79 Å². The van der Waals surface area contributed by atoms with Gasteiger partial charge < -0.3 is 14.2 Å². The first kappa shape index (κ1) is 14.5. The summed E-state index contributed by atoms with van der Waals surface area (Å²) in [6.07, 6.45) is 0.818. The first-order valence-electron chi connectivity index (χ1n) is 5.96. The highest BCUT2D eigenvalue weighted by molar-refractivity contribution is 6.32. The Hall–Kier alpha value is -1.95. The summed E-state index contributed by atoms with van der Waals surface area (Å²) in [5.41, 5.74) is 2.38. The fourth-order valence-corrected chi connectivity index (χ4v) is 1.80. The zero-order valence-electron chi connectivity index (χ0n) is 11.4. The van der Waals surface area contributed by atoms with Crippen LogP contribution in [-0.4, -0.2) is 24.7 Å². The van der Waals surface area contributed by atoms with Crippen LogP contribution in [0.3, 0.4) is 0 Å². The molecule has 1 aromatic carbocycles. The molecule has 0 spiro atoms. The molecule has 1 aromatic rings. The van der Waals surface area contributed by atoms with Gasteiger partial charge in [-0.25, -0.2) is 10.2 Å². The van der Waals surface area contributed by atoms with E-state index in [0.717, 1.165) is 0 Å². The summed E-state index contributed by atoms with van der Waals surface area (Å²) in [6.45, 7) is 5.46. The Kier molecular flexibility index (Phi) is 4.04. The summed E-state index contributed by atoms with van der Waals surface area (Å²) in [6, 6.07) is 3.38. The molecule has 0 radical (unpaired) electrons. The minimum atomic E-state index is -0.624. The molecular formula is C13H15ClN2O4. The number of rotatable bonds is 2. The largest absolute Gasteiger partial charge is 0.454 e. The molecule has 1 heterocycles. The van der Waals surface area contributed by atoms with Crippen molar-refractivity contribution < 1.29 is 19.0 Å². The van der Waals surface area contributed by atoms with Crippen LogP contribution in [-0.2, 0) is 4.74 Å². The van der Waals surface area contributed by atoms with Gasteiger partial charge in [0.2, 0.25) is 6.79 Å². The molecule has 0 bridgehead atoms. The Morgan fingerprint density at radius 2 is 2.20 bits per heavy atom. The van der Waals surface area contributed by atoms with E-state index in [4.69, 9.17) is 25.8 Å². The maximum atomic E-state index is 11.4. The van der Waals surface area contributed by atoms with Crippen LogP contribution in [0.15, 0.2) is 17.2 Å². The molecule has 1 N–H and O–H groups in total. The zero-order chi connectivity index (χ0) is 14.8. The lowest BCUT2D eigenvalue weighted by Gasteiger charge is -2.18. The molecule has 0 aliphatic carbocycles. The lowest BCUT2D eigenvalue weighted by Crippen LogP contribution is -2.29. The Balaban J connectivity index is 1.99. The number of fused-ring (bicyclic) bond motifs is 1. The van der Waals surface area contributed by atoms with Gasteiger partial charge >= 0.3 is 6.09 Å². The number of halogens is 1. The molecule has 0 saturated heterocycles. The maximum absolute atomic E-state index is 11.4. The second-order valence-corrected chi connectivity index (χ2v) is 5.52. The molecule has 1 aliphatic heterocycles. The summed E-state index contributed by atoms with van der Waals surface area (Å²) >= 11 is 6.02. The summed E-state index contributed by atoms with van der Waals surface area (Å²) in [5, 5.41) is 4.22. The van der Waals surface area contributed by atoms with Crippen molar-refractivity contribution in [3.8, 4) is 11.5 Å². The third-order valence-corrected chi connectivity index (χ3v) is 2.50. The van der Waals surface area contributed by atoms with Crippen LogP contribution < -0.4 is 14.9 Å². The number of nitrogens with zero attached hydrogens (tertiary/aromatic N) is 1. The van der Waals surface area contributed by atoms with Gasteiger partial charge in [-0.2, -0.15) is 5.10 Å². The minimum absolute atomic E-state index is 0.145. The summed E-state index contributed by atoms with van der Waals surface area (Å²) in [7, 11) is 0. The van der Waals surface area contributed by atoms with E-state index in [2.05, 4.69) is 10.5 Å². The smallest absolute Gasteiger partial charge is 0.428 e. The van der Waals surface area contributed by atoms with Crippen molar-refractivity contribution in [3.63, 3.8) is 0 Å². The number of carbonyl (C=O) groups excluding carboxylic acids is 1. The number of ether oxygens (including phenoxy) is 3. The number of amides is 1. The van der Waals surface area contributed by atoms with E-state index >= 15 is 0 Å². The molecule has 0 aromatic heterocycles. The van der Waals surface area contributed by atoms with Crippen molar-refractivity contribution in [1.29, 1.82) is 0 Å². The Bertz CT molecular complexity index is 552.